The maximum atomic E-state index is 11.6. The summed E-state index contributed by atoms with van der Waals surface area (Å²) in [4.78, 5) is 10.7. The number of benzene rings is 1. The Morgan fingerprint density at radius 1 is 1.40 bits per heavy atom. The predicted octanol–water partition coefficient (Wildman–Crippen LogP) is 3.31. The minimum Gasteiger partial charge on any atom is -0.425 e. The summed E-state index contributed by atoms with van der Waals surface area (Å²) in [5.74, 6) is 0.126. The lowest BCUT2D eigenvalue weighted by atomic mass is 10.1. The number of rotatable bonds is 3. The molecule has 0 radical (unpaired) electrons. The zero-order valence-corrected chi connectivity index (χ0v) is 9.97. The quantitative estimate of drug-likeness (QED) is 0.449. The molecule has 0 N–H and O–H groups in total. The van der Waals surface area contributed by atoms with Gasteiger partial charge in [-0.1, -0.05) is 24.6 Å². The molecule has 0 aromatic heterocycles. The predicted molar refractivity (Wildman–Crippen MR) is 61.4 cm³/mol. The van der Waals surface area contributed by atoms with Crippen LogP contribution in [0.4, 0.5) is 0 Å². The van der Waals surface area contributed by atoms with Gasteiger partial charge in [-0.15, -0.1) is 11.6 Å². The van der Waals surface area contributed by atoms with Gasteiger partial charge >= 0.3 is 5.97 Å². The summed E-state index contributed by atoms with van der Waals surface area (Å²) in [5.41, 5.74) is 1.12. The first-order valence-corrected chi connectivity index (χ1v) is 5.31. The molecule has 0 heterocycles. The van der Waals surface area contributed by atoms with Crippen LogP contribution in [0.15, 0.2) is 24.3 Å². The fraction of sp³-hybridized carbons (Fsp3) is 0.417. The molecule has 0 saturated carbocycles. The Labute approximate surface area is 95.2 Å². The lowest BCUT2D eigenvalue weighted by Gasteiger charge is -2.17. The Hall–Kier alpha value is -1.02. The summed E-state index contributed by atoms with van der Waals surface area (Å²) in [6, 6.07) is 7.30. The number of esters is 1. The van der Waals surface area contributed by atoms with E-state index in [9.17, 15) is 4.79 Å². The van der Waals surface area contributed by atoms with E-state index in [1.54, 1.807) is 19.1 Å². The highest BCUT2D eigenvalue weighted by Gasteiger charge is 2.30. The van der Waals surface area contributed by atoms with Crippen molar-refractivity contribution in [1.29, 1.82) is 0 Å². The van der Waals surface area contributed by atoms with Crippen molar-refractivity contribution in [3.63, 3.8) is 0 Å². The van der Waals surface area contributed by atoms with E-state index >= 15 is 0 Å². The van der Waals surface area contributed by atoms with Gasteiger partial charge in [-0.3, -0.25) is 0 Å². The summed E-state index contributed by atoms with van der Waals surface area (Å²) in [5, 5.41) is 0. The Morgan fingerprint density at radius 3 is 2.40 bits per heavy atom. The van der Waals surface area contributed by atoms with Gasteiger partial charge in [0.15, 0.2) is 0 Å². The van der Waals surface area contributed by atoms with Gasteiger partial charge in [-0.25, -0.2) is 4.79 Å². The zero-order valence-electron chi connectivity index (χ0n) is 9.21. The Kier molecular flexibility index (Phi) is 3.75. The Bertz CT molecular complexity index is 341. The maximum Gasteiger partial charge on any atom is 0.332 e. The number of alkyl halides is 1. The largest absolute Gasteiger partial charge is 0.425 e. The minimum absolute atomic E-state index is 0.407. The van der Waals surface area contributed by atoms with Crippen LogP contribution in [-0.4, -0.2) is 10.8 Å². The SMILES string of the molecule is CCC(C)(Cl)C(=O)Oc1ccc(C)cc1. The van der Waals surface area contributed by atoms with Crippen molar-refractivity contribution in [2.75, 3.05) is 0 Å². The number of hydrogen-bond acceptors (Lipinski definition) is 2. The van der Waals surface area contributed by atoms with E-state index in [0.29, 0.717) is 12.2 Å². The number of hydrogen-bond donors (Lipinski definition) is 0. The summed E-state index contributed by atoms with van der Waals surface area (Å²) in [6.07, 6.45) is 0.541. The molecule has 0 fully saturated rings. The Morgan fingerprint density at radius 2 is 1.93 bits per heavy atom. The van der Waals surface area contributed by atoms with Crippen LogP contribution in [-0.2, 0) is 4.79 Å². The molecular formula is C12H15ClO2. The summed E-state index contributed by atoms with van der Waals surface area (Å²) < 4.78 is 5.15. The van der Waals surface area contributed by atoms with Gasteiger partial charge in [0, 0.05) is 0 Å². The van der Waals surface area contributed by atoms with Crippen LogP contribution in [0, 0.1) is 6.92 Å². The van der Waals surface area contributed by atoms with Crippen molar-refractivity contribution in [3.8, 4) is 5.75 Å². The fourth-order valence-electron chi connectivity index (χ4n) is 0.964. The molecular weight excluding hydrogens is 212 g/mol. The van der Waals surface area contributed by atoms with E-state index in [4.69, 9.17) is 16.3 Å². The first-order chi connectivity index (χ1) is 6.95. The van der Waals surface area contributed by atoms with E-state index in [1.807, 2.05) is 26.0 Å². The highest BCUT2D eigenvalue weighted by Crippen LogP contribution is 2.22. The van der Waals surface area contributed by atoms with Crippen LogP contribution in [0.5, 0.6) is 5.75 Å². The third-order valence-electron chi connectivity index (χ3n) is 2.32. The van der Waals surface area contributed by atoms with Crippen molar-refractivity contribution >= 4 is 17.6 Å². The van der Waals surface area contributed by atoms with Gasteiger partial charge < -0.3 is 4.74 Å². The number of ether oxygens (including phenoxy) is 1. The van der Waals surface area contributed by atoms with Crippen LogP contribution >= 0.6 is 11.6 Å². The van der Waals surface area contributed by atoms with Crippen LogP contribution in [0.1, 0.15) is 25.8 Å². The van der Waals surface area contributed by atoms with Gasteiger partial charge in [-0.05, 0) is 32.4 Å². The molecule has 0 aliphatic rings. The third kappa shape index (κ3) is 3.24. The summed E-state index contributed by atoms with van der Waals surface area (Å²) in [6.45, 7) is 5.48. The second-order valence-electron chi connectivity index (χ2n) is 3.75. The van der Waals surface area contributed by atoms with Crippen LogP contribution in [0.25, 0.3) is 0 Å². The first-order valence-electron chi connectivity index (χ1n) is 4.93. The van der Waals surface area contributed by atoms with E-state index in [1.165, 1.54) is 0 Å². The smallest absolute Gasteiger partial charge is 0.332 e. The third-order valence-corrected chi connectivity index (χ3v) is 2.74. The molecule has 0 bridgehead atoms. The van der Waals surface area contributed by atoms with Crippen molar-refractivity contribution in [2.24, 2.45) is 0 Å². The molecule has 0 spiro atoms. The molecule has 2 nitrogen and oxygen atoms in total. The van der Waals surface area contributed by atoms with Crippen molar-refractivity contribution in [2.45, 2.75) is 32.1 Å². The van der Waals surface area contributed by atoms with Crippen molar-refractivity contribution < 1.29 is 9.53 Å². The van der Waals surface area contributed by atoms with Gasteiger partial charge in [0.1, 0.15) is 10.6 Å². The van der Waals surface area contributed by atoms with Gasteiger partial charge in [0.05, 0.1) is 0 Å². The monoisotopic (exact) mass is 226 g/mol. The number of carbonyl (C=O) groups excluding carboxylic acids is 1. The average molecular weight is 227 g/mol. The van der Waals surface area contributed by atoms with Gasteiger partial charge in [-0.2, -0.15) is 0 Å². The second kappa shape index (κ2) is 4.67. The number of carbonyl (C=O) groups is 1. The zero-order chi connectivity index (χ0) is 11.5. The molecule has 3 heteroatoms. The minimum atomic E-state index is -0.940. The summed E-state index contributed by atoms with van der Waals surface area (Å²) >= 11 is 5.98. The highest BCUT2D eigenvalue weighted by molar-refractivity contribution is 6.33. The van der Waals surface area contributed by atoms with Crippen LogP contribution < -0.4 is 4.74 Å². The average Bonchev–Trinajstić information content (AvgIpc) is 2.21. The van der Waals surface area contributed by atoms with Crippen molar-refractivity contribution in [3.05, 3.63) is 29.8 Å². The standard InChI is InChI=1S/C12H15ClO2/c1-4-12(3,13)11(14)15-10-7-5-9(2)6-8-10/h5-8H,4H2,1-3H3. The molecule has 1 aromatic rings. The highest BCUT2D eigenvalue weighted by atomic mass is 35.5. The topological polar surface area (TPSA) is 26.3 Å². The molecule has 1 aromatic carbocycles. The lowest BCUT2D eigenvalue weighted by molar-refractivity contribution is -0.137. The molecule has 1 rings (SSSR count). The second-order valence-corrected chi connectivity index (χ2v) is 4.59. The molecule has 0 saturated heterocycles. The molecule has 1 atom stereocenters. The van der Waals surface area contributed by atoms with Crippen molar-refractivity contribution in [1.82, 2.24) is 0 Å². The van der Waals surface area contributed by atoms with E-state index in [2.05, 4.69) is 0 Å². The lowest BCUT2D eigenvalue weighted by Crippen LogP contribution is -2.32. The molecule has 0 amide bonds. The van der Waals surface area contributed by atoms with Crippen LogP contribution in [0.2, 0.25) is 0 Å². The molecule has 15 heavy (non-hydrogen) atoms. The van der Waals surface area contributed by atoms with Crippen LogP contribution in [0.3, 0.4) is 0 Å². The van der Waals surface area contributed by atoms with Gasteiger partial charge in [0.2, 0.25) is 0 Å². The fourth-order valence-corrected chi connectivity index (χ4v) is 1.00. The van der Waals surface area contributed by atoms with E-state index < -0.39 is 10.8 Å². The normalized spacial score (nSPS) is 14.4. The molecule has 82 valence electrons. The van der Waals surface area contributed by atoms with E-state index in [0.717, 1.165) is 5.56 Å². The van der Waals surface area contributed by atoms with E-state index in [-0.39, 0.29) is 0 Å². The summed E-state index contributed by atoms with van der Waals surface area (Å²) in [7, 11) is 0. The Balaban J connectivity index is 2.71. The molecule has 1 unspecified atom stereocenters. The maximum absolute atomic E-state index is 11.6. The number of halogens is 1. The molecule has 0 aliphatic carbocycles. The first kappa shape index (κ1) is 12.1. The number of aryl methyl sites for hydroxylation is 1. The molecule has 0 aliphatic heterocycles. The van der Waals surface area contributed by atoms with Gasteiger partial charge in [0.25, 0.3) is 0 Å².